The van der Waals surface area contributed by atoms with Crippen LogP contribution in [0.5, 0.6) is 0 Å². The van der Waals surface area contributed by atoms with E-state index in [1.807, 2.05) is 23.7 Å². The molecule has 0 atom stereocenters. The minimum Gasteiger partial charge on any atom is -0.309 e. The van der Waals surface area contributed by atoms with Crippen molar-refractivity contribution in [1.82, 2.24) is 9.55 Å². The van der Waals surface area contributed by atoms with Crippen molar-refractivity contribution in [3.05, 3.63) is 134 Å². The molecule has 5 aromatic carbocycles. The molecule has 3 heterocycles. The van der Waals surface area contributed by atoms with Crippen LogP contribution in [0.4, 0.5) is 0 Å². The Morgan fingerprint density at radius 2 is 1.18 bits per heavy atom. The molecule has 0 aliphatic rings. The lowest BCUT2D eigenvalue weighted by molar-refractivity contribution is 1.19. The Balaban J connectivity index is 1.44. The second-order valence-electron chi connectivity index (χ2n) is 9.68. The molecule has 3 heteroatoms. The first-order valence-corrected chi connectivity index (χ1v) is 13.6. The Kier molecular flexibility index (Phi) is 4.73. The lowest BCUT2D eigenvalue weighted by Crippen LogP contribution is -1.94. The summed E-state index contributed by atoms with van der Waals surface area (Å²) in [5, 5.41) is 5.14. The van der Waals surface area contributed by atoms with Crippen LogP contribution in [0.3, 0.4) is 0 Å². The number of hydrogen-bond donors (Lipinski definition) is 0. The molecular weight excluding hydrogens is 480 g/mol. The summed E-state index contributed by atoms with van der Waals surface area (Å²) in [5.41, 5.74) is 8.43. The van der Waals surface area contributed by atoms with Gasteiger partial charge < -0.3 is 4.57 Å². The van der Waals surface area contributed by atoms with Crippen molar-refractivity contribution in [3.63, 3.8) is 0 Å². The van der Waals surface area contributed by atoms with Crippen molar-refractivity contribution in [2.75, 3.05) is 0 Å². The van der Waals surface area contributed by atoms with E-state index in [4.69, 9.17) is 0 Å². The summed E-state index contributed by atoms with van der Waals surface area (Å²) in [4.78, 5) is 4.20. The molecule has 0 spiro atoms. The van der Waals surface area contributed by atoms with E-state index in [1.165, 1.54) is 69.9 Å². The Morgan fingerprint density at radius 1 is 0.447 bits per heavy atom. The van der Waals surface area contributed by atoms with E-state index < -0.39 is 0 Å². The number of hydrogen-bond acceptors (Lipinski definition) is 2. The maximum Gasteiger partial charge on any atom is 0.0547 e. The van der Waals surface area contributed by atoms with Crippen LogP contribution in [0.15, 0.2) is 134 Å². The van der Waals surface area contributed by atoms with Crippen LogP contribution in [0.2, 0.25) is 0 Å². The van der Waals surface area contributed by atoms with Gasteiger partial charge >= 0.3 is 0 Å². The van der Waals surface area contributed by atoms with Gasteiger partial charge in [0.2, 0.25) is 0 Å². The second kappa shape index (κ2) is 8.41. The lowest BCUT2D eigenvalue weighted by atomic mass is 10.0. The number of thiophene rings is 1. The van der Waals surface area contributed by atoms with E-state index in [9.17, 15) is 0 Å². The number of nitrogens with zero attached hydrogens (tertiary/aromatic N) is 2. The van der Waals surface area contributed by atoms with Gasteiger partial charge in [-0.1, -0.05) is 66.7 Å². The van der Waals surface area contributed by atoms with Gasteiger partial charge in [-0.25, -0.2) is 0 Å². The summed E-state index contributed by atoms with van der Waals surface area (Å²) >= 11 is 1.86. The molecule has 0 bridgehead atoms. The van der Waals surface area contributed by atoms with E-state index in [-0.39, 0.29) is 0 Å². The Hall–Kier alpha value is -4.73. The number of pyridine rings is 1. The number of aromatic nitrogens is 2. The summed E-state index contributed by atoms with van der Waals surface area (Å²) in [6, 6.07) is 44.1. The first-order chi connectivity index (χ1) is 18.8. The fraction of sp³-hybridized carbons (Fsp3) is 0. The highest BCUT2D eigenvalue weighted by Gasteiger charge is 2.16. The molecule has 0 saturated carbocycles. The predicted molar refractivity (Wildman–Crippen MR) is 162 cm³/mol. The van der Waals surface area contributed by atoms with E-state index >= 15 is 0 Å². The fourth-order valence-electron chi connectivity index (χ4n) is 5.69. The molecule has 38 heavy (non-hydrogen) atoms. The van der Waals surface area contributed by atoms with Crippen LogP contribution in [0, 0.1) is 0 Å². The van der Waals surface area contributed by atoms with Crippen LogP contribution in [0.1, 0.15) is 0 Å². The molecule has 2 nitrogen and oxygen atoms in total. The average molecular weight is 503 g/mol. The third kappa shape index (κ3) is 3.29. The van der Waals surface area contributed by atoms with Gasteiger partial charge in [-0.2, -0.15) is 0 Å². The quantitative estimate of drug-likeness (QED) is 0.235. The van der Waals surface area contributed by atoms with E-state index in [0.717, 1.165) is 0 Å². The summed E-state index contributed by atoms with van der Waals surface area (Å²) < 4.78 is 5.08. The van der Waals surface area contributed by atoms with E-state index in [1.54, 1.807) is 0 Å². The minimum atomic E-state index is 1.18. The van der Waals surface area contributed by atoms with Crippen LogP contribution in [-0.4, -0.2) is 9.55 Å². The first kappa shape index (κ1) is 21.4. The smallest absolute Gasteiger partial charge is 0.0547 e. The van der Waals surface area contributed by atoms with Crippen LogP contribution in [0.25, 0.3) is 69.9 Å². The molecule has 0 fully saturated rings. The molecule has 0 saturated heterocycles. The van der Waals surface area contributed by atoms with Gasteiger partial charge in [-0.3, -0.25) is 4.98 Å². The van der Waals surface area contributed by atoms with E-state index in [2.05, 4.69) is 131 Å². The van der Waals surface area contributed by atoms with Gasteiger partial charge in [-0.15, -0.1) is 11.3 Å². The Labute approximate surface area is 224 Å². The topological polar surface area (TPSA) is 17.8 Å². The summed E-state index contributed by atoms with van der Waals surface area (Å²) in [7, 11) is 0. The number of benzene rings is 5. The van der Waals surface area contributed by atoms with Gasteiger partial charge in [0.15, 0.2) is 0 Å². The van der Waals surface area contributed by atoms with Gasteiger partial charge in [-0.05, 0) is 76.9 Å². The summed E-state index contributed by atoms with van der Waals surface area (Å²) in [6.45, 7) is 0. The molecular formula is C35H22N2S. The van der Waals surface area contributed by atoms with Crippen LogP contribution in [-0.2, 0) is 0 Å². The number of fused-ring (bicyclic) bond motifs is 6. The predicted octanol–water partition coefficient (Wildman–Crippen LogP) is 9.88. The van der Waals surface area contributed by atoms with Crippen molar-refractivity contribution in [1.29, 1.82) is 0 Å². The summed E-state index contributed by atoms with van der Waals surface area (Å²) in [5.74, 6) is 0. The minimum absolute atomic E-state index is 1.18. The second-order valence-corrected chi connectivity index (χ2v) is 10.8. The molecule has 0 amide bonds. The SMILES string of the molecule is c1ccc(-c2ccc3c4cc(-c5ccncc5)ccc4n(-c4ccc5sc6ccccc6c5c4)c3c2)cc1. The molecule has 8 aromatic rings. The monoisotopic (exact) mass is 502 g/mol. The largest absolute Gasteiger partial charge is 0.309 e. The number of rotatable bonds is 3. The zero-order valence-corrected chi connectivity index (χ0v) is 21.3. The molecule has 0 unspecified atom stereocenters. The van der Waals surface area contributed by atoms with Gasteiger partial charge in [0, 0.05) is 49.0 Å². The average Bonchev–Trinajstić information content (AvgIpc) is 3.52. The zero-order valence-electron chi connectivity index (χ0n) is 20.5. The van der Waals surface area contributed by atoms with Crippen molar-refractivity contribution >= 4 is 53.3 Å². The van der Waals surface area contributed by atoms with Crippen LogP contribution >= 0.6 is 11.3 Å². The third-order valence-corrected chi connectivity index (χ3v) is 8.66. The first-order valence-electron chi connectivity index (χ1n) is 12.8. The third-order valence-electron chi connectivity index (χ3n) is 7.51. The highest BCUT2D eigenvalue weighted by atomic mass is 32.1. The standard InChI is InChI=1S/C35H22N2S/c1-2-6-23(7-3-1)26-10-13-28-30-20-25(24-16-18-36-19-17-24)11-14-32(30)37(33(28)21-26)27-12-15-35-31(22-27)29-8-4-5-9-34(29)38-35/h1-22H. The van der Waals surface area contributed by atoms with Gasteiger partial charge in [0.05, 0.1) is 11.0 Å². The fourth-order valence-corrected chi connectivity index (χ4v) is 6.77. The normalized spacial score (nSPS) is 11.7. The lowest BCUT2D eigenvalue weighted by Gasteiger charge is -2.10. The van der Waals surface area contributed by atoms with Crippen molar-refractivity contribution < 1.29 is 0 Å². The molecule has 0 aliphatic heterocycles. The zero-order chi connectivity index (χ0) is 25.1. The van der Waals surface area contributed by atoms with E-state index in [0.29, 0.717) is 0 Å². The highest BCUT2D eigenvalue weighted by molar-refractivity contribution is 7.25. The highest BCUT2D eigenvalue weighted by Crippen LogP contribution is 2.39. The summed E-state index contributed by atoms with van der Waals surface area (Å²) in [6.07, 6.45) is 3.71. The molecule has 0 radical (unpaired) electrons. The molecule has 3 aromatic heterocycles. The Bertz CT molecular complexity index is 2120. The van der Waals surface area contributed by atoms with Crippen molar-refractivity contribution in [2.24, 2.45) is 0 Å². The molecule has 0 aliphatic carbocycles. The van der Waals surface area contributed by atoms with Crippen molar-refractivity contribution in [3.8, 4) is 27.9 Å². The molecule has 8 rings (SSSR count). The van der Waals surface area contributed by atoms with Gasteiger partial charge in [0.1, 0.15) is 0 Å². The van der Waals surface area contributed by atoms with Crippen LogP contribution < -0.4 is 0 Å². The maximum atomic E-state index is 4.20. The maximum absolute atomic E-state index is 4.20. The Morgan fingerprint density at radius 3 is 2.08 bits per heavy atom. The van der Waals surface area contributed by atoms with Crippen molar-refractivity contribution in [2.45, 2.75) is 0 Å². The van der Waals surface area contributed by atoms with Gasteiger partial charge in [0.25, 0.3) is 0 Å². The molecule has 0 N–H and O–H groups in total. The molecule has 178 valence electrons.